The van der Waals surface area contributed by atoms with Crippen LogP contribution in [0.4, 0.5) is 11.5 Å². The average molecular weight is 333 g/mol. The number of pyridine rings is 1. The molecule has 1 aromatic carbocycles. The summed E-state index contributed by atoms with van der Waals surface area (Å²) < 4.78 is 0. The van der Waals surface area contributed by atoms with Gasteiger partial charge in [-0.05, 0) is 37.1 Å². The number of nitrogens with zero attached hydrogens (tertiary/aromatic N) is 3. The van der Waals surface area contributed by atoms with E-state index in [4.69, 9.17) is 0 Å². The van der Waals surface area contributed by atoms with Gasteiger partial charge in [0.05, 0.1) is 12.4 Å². The second-order valence-electron chi connectivity index (χ2n) is 5.77. The van der Waals surface area contributed by atoms with Crippen molar-refractivity contribution in [1.82, 2.24) is 15.0 Å². The van der Waals surface area contributed by atoms with Crippen LogP contribution >= 0.6 is 0 Å². The number of carbonyl (C=O) groups excluding carboxylic acids is 1. The second-order valence-corrected chi connectivity index (χ2v) is 5.77. The Bertz CT molecular complexity index is 863. The van der Waals surface area contributed by atoms with E-state index in [-0.39, 0.29) is 11.6 Å². The van der Waals surface area contributed by atoms with Crippen molar-refractivity contribution in [1.29, 1.82) is 0 Å². The van der Waals surface area contributed by atoms with Gasteiger partial charge >= 0.3 is 0 Å². The molecule has 0 atom stereocenters. The van der Waals surface area contributed by atoms with Gasteiger partial charge in [-0.25, -0.2) is 9.97 Å². The number of aryl methyl sites for hydroxylation is 2. The summed E-state index contributed by atoms with van der Waals surface area (Å²) in [5.41, 5.74) is 4.25. The monoisotopic (exact) mass is 333 g/mol. The molecule has 126 valence electrons. The van der Waals surface area contributed by atoms with Crippen molar-refractivity contribution < 1.29 is 4.79 Å². The van der Waals surface area contributed by atoms with Gasteiger partial charge in [0.25, 0.3) is 5.91 Å². The van der Waals surface area contributed by atoms with Crippen LogP contribution in [0.15, 0.2) is 55.1 Å². The molecule has 25 heavy (non-hydrogen) atoms. The van der Waals surface area contributed by atoms with Crippen LogP contribution in [-0.2, 0) is 6.54 Å². The summed E-state index contributed by atoms with van der Waals surface area (Å²) in [5, 5.41) is 6.01. The van der Waals surface area contributed by atoms with Crippen molar-refractivity contribution in [3.8, 4) is 0 Å². The number of anilines is 2. The van der Waals surface area contributed by atoms with E-state index < -0.39 is 0 Å². The number of benzene rings is 1. The summed E-state index contributed by atoms with van der Waals surface area (Å²) >= 11 is 0. The summed E-state index contributed by atoms with van der Waals surface area (Å²) in [5.74, 6) is 0.324. The third kappa shape index (κ3) is 4.38. The Morgan fingerprint density at radius 2 is 1.96 bits per heavy atom. The van der Waals surface area contributed by atoms with Gasteiger partial charge in [0.1, 0.15) is 11.5 Å². The Morgan fingerprint density at radius 1 is 1.08 bits per heavy atom. The molecule has 3 rings (SSSR count). The average Bonchev–Trinajstić information content (AvgIpc) is 2.63. The van der Waals surface area contributed by atoms with Crippen molar-refractivity contribution in [2.75, 3.05) is 10.6 Å². The molecule has 0 aliphatic heterocycles. The van der Waals surface area contributed by atoms with Crippen LogP contribution in [0.3, 0.4) is 0 Å². The van der Waals surface area contributed by atoms with E-state index in [0.717, 1.165) is 22.4 Å². The molecule has 3 aromatic rings. The van der Waals surface area contributed by atoms with Gasteiger partial charge in [-0.2, -0.15) is 0 Å². The smallest absolute Gasteiger partial charge is 0.275 e. The Kier molecular flexibility index (Phi) is 4.99. The lowest BCUT2D eigenvalue weighted by atomic mass is 10.1. The Labute approximate surface area is 146 Å². The zero-order valence-corrected chi connectivity index (χ0v) is 14.2. The highest BCUT2D eigenvalue weighted by atomic mass is 16.1. The number of nitrogens with one attached hydrogen (secondary N) is 2. The molecule has 0 aliphatic rings. The lowest BCUT2D eigenvalue weighted by Gasteiger charge is -2.09. The van der Waals surface area contributed by atoms with Crippen molar-refractivity contribution in [2.24, 2.45) is 0 Å². The third-order valence-corrected chi connectivity index (χ3v) is 3.71. The Balaban J connectivity index is 1.62. The number of hydrogen-bond donors (Lipinski definition) is 2. The fourth-order valence-electron chi connectivity index (χ4n) is 2.37. The molecule has 0 unspecified atom stereocenters. The van der Waals surface area contributed by atoms with Gasteiger partial charge < -0.3 is 10.6 Å². The second kappa shape index (κ2) is 7.53. The lowest BCUT2D eigenvalue weighted by molar-refractivity contribution is 0.102. The Hall–Kier alpha value is -3.28. The molecule has 0 fully saturated rings. The van der Waals surface area contributed by atoms with Gasteiger partial charge in [0, 0.05) is 24.6 Å². The molecule has 1 amide bonds. The number of amides is 1. The van der Waals surface area contributed by atoms with Crippen molar-refractivity contribution in [3.63, 3.8) is 0 Å². The van der Waals surface area contributed by atoms with Crippen LogP contribution in [-0.4, -0.2) is 20.9 Å². The third-order valence-electron chi connectivity index (χ3n) is 3.71. The normalized spacial score (nSPS) is 10.3. The maximum Gasteiger partial charge on any atom is 0.275 e. The van der Waals surface area contributed by atoms with E-state index in [9.17, 15) is 4.79 Å². The topological polar surface area (TPSA) is 79.8 Å². The van der Waals surface area contributed by atoms with E-state index in [0.29, 0.717) is 12.4 Å². The van der Waals surface area contributed by atoms with E-state index in [1.54, 1.807) is 18.6 Å². The maximum absolute atomic E-state index is 12.3. The molecular formula is C19H19N5O. The van der Waals surface area contributed by atoms with E-state index in [2.05, 4.69) is 25.6 Å². The standard InChI is InChI=1S/C19H19N5O/c1-13-5-6-16(14(2)8-13)24-19(25)17-11-23-18(12-21-17)22-10-15-4-3-7-20-9-15/h3-9,11-12H,10H2,1-2H3,(H,22,23)(H,24,25). The molecule has 0 spiro atoms. The molecule has 6 heteroatoms. The number of carbonyl (C=O) groups is 1. The lowest BCUT2D eigenvalue weighted by Crippen LogP contribution is -2.15. The van der Waals surface area contributed by atoms with Crippen LogP contribution in [0.25, 0.3) is 0 Å². The van der Waals surface area contributed by atoms with E-state index in [1.165, 1.54) is 6.20 Å². The Morgan fingerprint density at radius 3 is 2.64 bits per heavy atom. The fourth-order valence-corrected chi connectivity index (χ4v) is 2.37. The predicted molar refractivity (Wildman–Crippen MR) is 97.5 cm³/mol. The largest absolute Gasteiger partial charge is 0.365 e. The molecule has 2 aromatic heterocycles. The first-order chi connectivity index (χ1) is 12.1. The highest BCUT2D eigenvalue weighted by Gasteiger charge is 2.10. The molecule has 0 saturated heterocycles. The van der Waals surface area contributed by atoms with Gasteiger partial charge in [-0.1, -0.05) is 23.8 Å². The first-order valence-electron chi connectivity index (χ1n) is 7.95. The van der Waals surface area contributed by atoms with Crippen LogP contribution in [0.1, 0.15) is 27.2 Å². The summed E-state index contributed by atoms with van der Waals surface area (Å²) in [4.78, 5) is 24.8. The molecule has 2 heterocycles. The molecule has 6 nitrogen and oxygen atoms in total. The van der Waals surface area contributed by atoms with Gasteiger partial charge in [0.2, 0.25) is 0 Å². The fraction of sp³-hybridized carbons (Fsp3) is 0.158. The predicted octanol–water partition coefficient (Wildman–Crippen LogP) is 3.35. The molecule has 0 bridgehead atoms. The number of rotatable bonds is 5. The summed E-state index contributed by atoms with van der Waals surface area (Å²) in [6.45, 7) is 4.57. The first-order valence-corrected chi connectivity index (χ1v) is 7.95. The number of hydrogen-bond acceptors (Lipinski definition) is 5. The molecule has 0 radical (unpaired) electrons. The minimum atomic E-state index is -0.279. The minimum Gasteiger partial charge on any atom is -0.365 e. The van der Waals surface area contributed by atoms with E-state index in [1.807, 2.05) is 44.2 Å². The highest BCUT2D eigenvalue weighted by Crippen LogP contribution is 2.16. The SMILES string of the molecule is Cc1ccc(NC(=O)c2cnc(NCc3cccnc3)cn2)c(C)c1. The maximum atomic E-state index is 12.3. The molecular weight excluding hydrogens is 314 g/mol. The molecule has 2 N–H and O–H groups in total. The quantitative estimate of drug-likeness (QED) is 0.748. The van der Waals surface area contributed by atoms with Crippen LogP contribution in [0.2, 0.25) is 0 Å². The van der Waals surface area contributed by atoms with Crippen molar-refractivity contribution in [3.05, 3.63) is 77.5 Å². The van der Waals surface area contributed by atoms with Crippen molar-refractivity contribution in [2.45, 2.75) is 20.4 Å². The van der Waals surface area contributed by atoms with Crippen molar-refractivity contribution >= 4 is 17.4 Å². The minimum absolute atomic E-state index is 0.270. The van der Waals surface area contributed by atoms with Gasteiger partial charge in [-0.15, -0.1) is 0 Å². The summed E-state index contributed by atoms with van der Waals surface area (Å²) in [7, 11) is 0. The first kappa shape index (κ1) is 16.6. The van der Waals surface area contributed by atoms with Gasteiger partial charge in [-0.3, -0.25) is 9.78 Å². The number of aromatic nitrogens is 3. The molecule has 0 saturated carbocycles. The highest BCUT2D eigenvalue weighted by molar-refractivity contribution is 6.03. The van der Waals surface area contributed by atoms with Crippen LogP contribution in [0, 0.1) is 13.8 Å². The van der Waals surface area contributed by atoms with Crippen LogP contribution in [0.5, 0.6) is 0 Å². The summed E-state index contributed by atoms with van der Waals surface area (Å²) in [6.07, 6.45) is 6.52. The zero-order valence-electron chi connectivity index (χ0n) is 14.2. The zero-order chi connectivity index (χ0) is 17.6. The summed E-state index contributed by atoms with van der Waals surface area (Å²) in [6, 6.07) is 9.72. The molecule has 0 aliphatic carbocycles. The van der Waals surface area contributed by atoms with E-state index >= 15 is 0 Å². The van der Waals surface area contributed by atoms with Crippen LogP contribution < -0.4 is 10.6 Å². The van der Waals surface area contributed by atoms with Gasteiger partial charge in [0.15, 0.2) is 0 Å².